The molecule has 0 fully saturated rings. The van der Waals surface area contributed by atoms with E-state index in [9.17, 15) is 18.0 Å². The molecule has 0 aliphatic carbocycles. The molecule has 0 aliphatic heterocycles. The molecule has 0 unspecified atom stereocenters. The largest absolute Gasteiger partial charge is 0.352 e. The second kappa shape index (κ2) is 14.0. The number of carbonyl (C=O) groups is 2. The first-order valence-corrected chi connectivity index (χ1v) is 15.7. The normalized spacial score (nSPS) is 12.9. The minimum atomic E-state index is -4.13. The zero-order valence-corrected chi connectivity index (χ0v) is 26.2. The van der Waals surface area contributed by atoms with E-state index in [1.54, 1.807) is 48.5 Å². The lowest BCUT2D eigenvalue weighted by Crippen LogP contribution is -2.53. The summed E-state index contributed by atoms with van der Waals surface area (Å²) in [7, 11) is -4.13. The van der Waals surface area contributed by atoms with E-state index in [1.165, 1.54) is 4.90 Å². The van der Waals surface area contributed by atoms with Crippen LogP contribution >= 0.6 is 11.6 Å². The molecule has 0 saturated heterocycles. The van der Waals surface area contributed by atoms with Crippen molar-refractivity contribution in [1.29, 1.82) is 0 Å². The highest BCUT2D eigenvalue weighted by Gasteiger charge is 2.34. The lowest BCUT2D eigenvalue weighted by molar-refractivity contribution is -0.140. The maximum Gasteiger partial charge on any atom is 0.264 e. The molecule has 0 radical (unpaired) electrons. The van der Waals surface area contributed by atoms with Crippen molar-refractivity contribution < 1.29 is 18.0 Å². The van der Waals surface area contributed by atoms with Gasteiger partial charge in [-0.1, -0.05) is 79.0 Å². The number of aryl methyl sites for hydroxylation is 3. The van der Waals surface area contributed by atoms with Crippen LogP contribution in [-0.2, 0) is 26.2 Å². The number of hydrogen-bond acceptors (Lipinski definition) is 4. The molecule has 0 aromatic heterocycles. The fourth-order valence-electron chi connectivity index (χ4n) is 4.61. The molecule has 220 valence electrons. The van der Waals surface area contributed by atoms with Crippen LogP contribution < -0.4 is 9.62 Å². The van der Waals surface area contributed by atoms with E-state index >= 15 is 0 Å². The van der Waals surface area contributed by atoms with Crippen LogP contribution in [0.15, 0.2) is 71.6 Å². The first-order chi connectivity index (χ1) is 19.4. The minimum Gasteiger partial charge on any atom is -0.352 e. The van der Waals surface area contributed by atoms with Crippen LogP contribution in [-0.4, -0.2) is 43.8 Å². The second-order valence-corrected chi connectivity index (χ2v) is 12.7. The number of carbonyl (C=O) groups excluding carboxylic acids is 2. The first kappa shape index (κ1) is 32.2. The standard InChI is InChI=1S/C32H40ClN3O4S/c1-7-25(6)34-32(38)29(8-2)35(20-26-11-9-10-12-28(26)33)31(37)21-36(30-18-15-23(4)19-24(30)5)41(39,40)27-16-13-22(3)14-17-27/h9-19,25,29H,7-8,20-21H2,1-6H3,(H,34,38)/t25-,29+/m1/s1. The van der Waals surface area contributed by atoms with Crippen LogP contribution in [0.2, 0.25) is 5.02 Å². The summed E-state index contributed by atoms with van der Waals surface area (Å²) >= 11 is 6.47. The molecular weight excluding hydrogens is 558 g/mol. The van der Waals surface area contributed by atoms with Crippen molar-refractivity contribution in [3.05, 3.63) is 94.0 Å². The van der Waals surface area contributed by atoms with E-state index in [1.807, 2.05) is 59.7 Å². The van der Waals surface area contributed by atoms with Gasteiger partial charge in [0.2, 0.25) is 11.8 Å². The Morgan fingerprint density at radius 2 is 1.54 bits per heavy atom. The van der Waals surface area contributed by atoms with Gasteiger partial charge in [-0.05, 0) is 75.9 Å². The molecule has 0 saturated carbocycles. The van der Waals surface area contributed by atoms with Gasteiger partial charge < -0.3 is 10.2 Å². The van der Waals surface area contributed by atoms with Gasteiger partial charge in [0.25, 0.3) is 10.0 Å². The SMILES string of the molecule is CC[C@@H](C)NC(=O)[C@H](CC)N(Cc1ccccc1Cl)C(=O)CN(c1ccc(C)cc1C)S(=O)(=O)c1ccc(C)cc1. The fourth-order valence-corrected chi connectivity index (χ4v) is 6.28. The zero-order chi connectivity index (χ0) is 30.3. The summed E-state index contributed by atoms with van der Waals surface area (Å²) in [6, 6.07) is 18.2. The summed E-state index contributed by atoms with van der Waals surface area (Å²) in [5, 5.41) is 3.44. The Labute approximate surface area is 249 Å². The Bertz CT molecular complexity index is 1470. The van der Waals surface area contributed by atoms with Gasteiger partial charge in [-0.2, -0.15) is 0 Å². The van der Waals surface area contributed by atoms with Crippen molar-refractivity contribution in [3.63, 3.8) is 0 Å². The summed E-state index contributed by atoms with van der Waals surface area (Å²) < 4.78 is 29.3. The topological polar surface area (TPSA) is 86.8 Å². The van der Waals surface area contributed by atoms with Crippen LogP contribution in [0.4, 0.5) is 5.69 Å². The molecule has 3 aromatic carbocycles. The summed E-state index contributed by atoms with van der Waals surface area (Å²) in [6.07, 6.45) is 1.07. The summed E-state index contributed by atoms with van der Waals surface area (Å²) in [5.41, 5.74) is 3.67. The van der Waals surface area contributed by atoms with Crippen molar-refractivity contribution in [3.8, 4) is 0 Å². The van der Waals surface area contributed by atoms with Crippen LogP contribution in [0.25, 0.3) is 0 Å². The highest BCUT2D eigenvalue weighted by atomic mass is 35.5. The number of nitrogens with one attached hydrogen (secondary N) is 1. The molecule has 7 nitrogen and oxygen atoms in total. The average Bonchev–Trinajstić information content (AvgIpc) is 2.93. The van der Waals surface area contributed by atoms with Crippen LogP contribution in [0.5, 0.6) is 0 Å². The lowest BCUT2D eigenvalue weighted by Gasteiger charge is -2.34. The molecule has 0 heterocycles. The summed E-state index contributed by atoms with van der Waals surface area (Å²) in [5.74, 6) is -0.798. The maximum atomic E-state index is 14.2. The Hall–Kier alpha value is -3.36. The number of rotatable bonds is 12. The molecule has 41 heavy (non-hydrogen) atoms. The molecule has 1 N–H and O–H groups in total. The summed E-state index contributed by atoms with van der Waals surface area (Å²) in [4.78, 5) is 29.1. The van der Waals surface area contributed by atoms with Gasteiger partial charge in [-0.15, -0.1) is 0 Å². The second-order valence-electron chi connectivity index (χ2n) is 10.5. The Morgan fingerprint density at radius 1 is 0.902 bits per heavy atom. The lowest BCUT2D eigenvalue weighted by atomic mass is 10.1. The number of benzene rings is 3. The van der Waals surface area contributed by atoms with Crippen LogP contribution in [0, 0.1) is 20.8 Å². The fraction of sp³-hybridized carbons (Fsp3) is 0.375. The van der Waals surface area contributed by atoms with Crippen molar-refractivity contribution in [2.75, 3.05) is 10.8 Å². The van der Waals surface area contributed by atoms with Crippen molar-refractivity contribution in [2.24, 2.45) is 0 Å². The van der Waals surface area contributed by atoms with Crippen molar-refractivity contribution in [2.45, 2.75) is 77.9 Å². The Morgan fingerprint density at radius 3 is 2.12 bits per heavy atom. The van der Waals surface area contributed by atoms with E-state index in [0.717, 1.165) is 21.9 Å². The van der Waals surface area contributed by atoms with Gasteiger partial charge in [-0.25, -0.2) is 8.42 Å². The molecule has 0 bridgehead atoms. The van der Waals surface area contributed by atoms with E-state index in [-0.39, 0.29) is 23.4 Å². The van der Waals surface area contributed by atoms with E-state index in [0.29, 0.717) is 28.3 Å². The van der Waals surface area contributed by atoms with Gasteiger partial charge in [0.15, 0.2) is 0 Å². The minimum absolute atomic E-state index is 0.0518. The van der Waals surface area contributed by atoms with Gasteiger partial charge in [0.05, 0.1) is 10.6 Å². The predicted octanol–water partition coefficient (Wildman–Crippen LogP) is 6.18. The smallest absolute Gasteiger partial charge is 0.264 e. The van der Waals surface area contributed by atoms with Gasteiger partial charge in [0.1, 0.15) is 12.6 Å². The molecule has 0 aliphatic rings. The molecule has 2 amide bonds. The number of sulfonamides is 1. The predicted molar refractivity (Wildman–Crippen MR) is 166 cm³/mol. The number of amides is 2. The van der Waals surface area contributed by atoms with E-state index in [4.69, 9.17) is 11.6 Å². The molecule has 0 spiro atoms. The van der Waals surface area contributed by atoms with Crippen molar-refractivity contribution >= 4 is 39.1 Å². The highest BCUT2D eigenvalue weighted by molar-refractivity contribution is 7.92. The maximum absolute atomic E-state index is 14.2. The Kier molecular flexibility index (Phi) is 11.0. The summed E-state index contributed by atoms with van der Waals surface area (Å²) in [6.45, 7) is 10.9. The molecule has 9 heteroatoms. The third-order valence-electron chi connectivity index (χ3n) is 7.19. The van der Waals surface area contributed by atoms with E-state index in [2.05, 4.69) is 5.32 Å². The first-order valence-electron chi connectivity index (χ1n) is 13.9. The molecular formula is C32H40ClN3O4S. The molecule has 3 aromatic rings. The molecule has 2 atom stereocenters. The number of halogens is 1. The number of anilines is 1. The van der Waals surface area contributed by atoms with E-state index < -0.39 is 28.5 Å². The van der Waals surface area contributed by atoms with Gasteiger partial charge >= 0.3 is 0 Å². The number of nitrogens with zero attached hydrogens (tertiary/aromatic N) is 2. The zero-order valence-electron chi connectivity index (χ0n) is 24.6. The van der Waals surface area contributed by atoms with Crippen molar-refractivity contribution in [1.82, 2.24) is 10.2 Å². The van der Waals surface area contributed by atoms with Gasteiger partial charge in [-0.3, -0.25) is 13.9 Å². The monoisotopic (exact) mass is 597 g/mol. The van der Waals surface area contributed by atoms with Gasteiger partial charge in [0, 0.05) is 17.6 Å². The quantitative estimate of drug-likeness (QED) is 0.270. The van der Waals surface area contributed by atoms with Crippen LogP contribution in [0.1, 0.15) is 55.9 Å². The third-order valence-corrected chi connectivity index (χ3v) is 9.34. The molecule has 3 rings (SSSR count). The average molecular weight is 598 g/mol. The van der Waals surface area contributed by atoms with Crippen LogP contribution in [0.3, 0.4) is 0 Å². The Balaban J connectivity index is 2.10. The highest BCUT2D eigenvalue weighted by Crippen LogP contribution is 2.29. The third kappa shape index (κ3) is 7.89. The number of hydrogen-bond donors (Lipinski definition) is 1.